The van der Waals surface area contributed by atoms with Gasteiger partial charge in [-0.15, -0.1) is 11.3 Å². The fraction of sp³-hybridized carbons (Fsp3) is 0.167. The van der Waals surface area contributed by atoms with Gasteiger partial charge in [0.25, 0.3) is 0 Å². The topological polar surface area (TPSA) is 76.0 Å². The summed E-state index contributed by atoms with van der Waals surface area (Å²) in [4.78, 5) is 25.1. The van der Waals surface area contributed by atoms with Gasteiger partial charge in [0.05, 0.1) is 11.3 Å². The minimum Gasteiger partial charge on any atom is -0.345 e. The SMILES string of the molecule is O=C(NC[C@@H](c1cccs1)n1cccn1)C(=O)Nc1ccccc1C(F)(F)F. The zero-order chi connectivity index (χ0) is 20.1. The lowest BCUT2D eigenvalue weighted by molar-refractivity contribution is -0.138. The predicted octanol–water partition coefficient (Wildman–Crippen LogP) is 3.31. The molecule has 1 aromatic carbocycles. The fourth-order valence-electron chi connectivity index (χ4n) is 2.56. The highest BCUT2D eigenvalue weighted by Gasteiger charge is 2.34. The first kappa shape index (κ1) is 19.6. The second-order valence-electron chi connectivity index (χ2n) is 5.72. The van der Waals surface area contributed by atoms with E-state index in [0.717, 1.165) is 17.0 Å². The maximum Gasteiger partial charge on any atom is 0.418 e. The molecule has 0 spiro atoms. The van der Waals surface area contributed by atoms with Gasteiger partial charge in [0.1, 0.15) is 6.04 Å². The summed E-state index contributed by atoms with van der Waals surface area (Å²) in [5.41, 5.74) is -1.50. The van der Waals surface area contributed by atoms with Crippen LogP contribution in [0.4, 0.5) is 18.9 Å². The molecule has 0 unspecified atom stereocenters. The van der Waals surface area contributed by atoms with Gasteiger partial charge in [-0.3, -0.25) is 14.3 Å². The minimum atomic E-state index is -4.65. The molecule has 0 radical (unpaired) electrons. The minimum absolute atomic E-state index is 0.0510. The van der Waals surface area contributed by atoms with Gasteiger partial charge in [-0.2, -0.15) is 18.3 Å². The normalized spacial score (nSPS) is 12.4. The Morgan fingerprint density at radius 3 is 2.54 bits per heavy atom. The van der Waals surface area contributed by atoms with Crippen molar-refractivity contribution in [3.8, 4) is 0 Å². The number of amides is 2. The fourth-order valence-corrected chi connectivity index (χ4v) is 3.38. The molecule has 0 aliphatic carbocycles. The second-order valence-corrected chi connectivity index (χ2v) is 6.70. The largest absolute Gasteiger partial charge is 0.418 e. The Bertz CT molecular complexity index is 906. The van der Waals surface area contributed by atoms with Gasteiger partial charge in [0.15, 0.2) is 0 Å². The molecule has 3 aromatic rings. The van der Waals surface area contributed by atoms with Gasteiger partial charge in [-0.25, -0.2) is 0 Å². The highest BCUT2D eigenvalue weighted by atomic mass is 32.1. The van der Waals surface area contributed by atoms with Crippen LogP contribution in [0.5, 0.6) is 0 Å². The molecule has 0 aliphatic heterocycles. The number of carbonyl (C=O) groups excluding carboxylic acids is 2. The number of anilines is 1. The highest BCUT2D eigenvalue weighted by Crippen LogP contribution is 2.34. The lowest BCUT2D eigenvalue weighted by Gasteiger charge is -2.17. The van der Waals surface area contributed by atoms with Gasteiger partial charge in [0.2, 0.25) is 0 Å². The summed E-state index contributed by atoms with van der Waals surface area (Å²) in [5.74, 6) is -2.22. The molecule has 1 atom stereocenters. The Balaban J connectivity index is 1.67. The van der Waals surface area contributed by atoms with Crippen LogP contribution in [-0.4, -0.2) is 28.1 Å². The van der Waals surface area contributed by atoms with Crippen molar-refractivity contribution in [2.45, 2.75) is 12.2 Å². The van der Waals surface area contributed by atoms with Gasteiger partial charge in [-0.1, -0.05) is 18.2 Å². The van der Waals surface area contributed by atoms with E-state index in [4.69, 9.17) is 0 Å². The molecular weight excluding hydrogens is 393 g/mol. The van der Waals surface area contributed by atoms with Gasteiger partial charge >= 0.3 is 18.0 Å². The number of carbonyl (C=O) groups is 2. The number of rotatable bonds is 5. The number of para-hydroxylation sites is 1. The quantitative estimate of drug-likeness (QED) is 0.636. The Labute approximate surface area is 162 Å². The van der Waals surface area contributed by atoms with Crippen LogP contribution in [0.15, 0.2) is 60.2 Å². The third-order valence-electron chi connectivity index (χ3n) is 3.86. The summed E-state index contributed by atoms with van der Waals surface area (Å²) in [6, 6.07) is 9.56. The average molecular weight is 408 g/mol. The predicted molar refractivity (Wildman–Crippen MR) is 97.8 cm³/mol. The van der Waals surface area contributed by atoms with Gasteiger partial charge in [0, 0.05) is 23.8 Å². The maximum atomic E-state index is 13.0. The molecule has 2 heterocycles. The third-order valence-corrected chi connectivity index (χ3v) is 4.83. The molecule has 0 bridgehead atoms. The van der Waals surface area contributed by atoms with Crippen molar-refractivity contribution < 1.29 is 22.8 Å². The van der Waals surface area contributed by atoms with E-state index in [1.165, 1.54) is 23.5 Å². The molecule has 0 saturated carbocycles. The van der Waals surface area contributed by atoms with Crippen molar-refractivity contribution in [3.63, 3.8) is 0 Å². The lowest BCUT2D eigenvalue weighted by Crippen LogP contribution is -2.39. The molecule has 3 rings (SSSR count). The van der Waals surface area contributed by atoms with Crippen LogP contribution in [0.25, 0.3) is 0 Å². The number of nitrogens with one attached hydrogen (secondary N) is 2. The van der Waals surface area contributed by atoms with E-state index < -0.39 is 29.2 Å². The van der Waals surface area contributed by atoms with Crippen LogP contribution in [0.3, 0.4) is 0 Å². The van der Waals surface area contributed by atoms with Crippen LogP contribution in [-0.2, 0) is 15.8 Å². The Kier molecular flexibility index (Phi) is 5.78. The molecule has 2 aromatic heterocycles. The number of hydrogen-bond acceptors (Lipinski definition) is 4. The van der Waals surface area contributed by atoms with E-state index in [9.17, 15) is 22.8 Å². The number of thiophene rings is 1. The summed E-state index contributed by atoms with van der Waals surface area (Å²) in [7, 11) is 0. The molecule has 2 amide bonds. The van der Waals surface area contributed by atoms with E-state index in [0.29, 0.717) is 0 Å². The van der Waals surface area contributed by atoms with Crippen LogP contribution in [0.1, 0.15) is 16.5 Å². The lowest BCUT2D eigenvalue weighted by atomic mass is 10.1. The molecule has 28 heavy (non-hydrogen) atoms. The smallest absolute Gasteiger partial charge is 0.345 e. The Hall–Kier alpha value is -3.14. The summed E-state index contributed by atoms with van der Waals surface area (Å²) in [5, 5.41) is 10.5. The highest BCUT2D eigenvalue weighted by molar-refractivity contribution is 7.10. The molecule has 6 nitrogen and oxygen atoms in total. The number of hydrogen-bond donors (Lipinski definition) is 2. The first-order valence-electron chi connectivity index (χ1n) is 8.14. The summed E-state index contributed by atoms with van der Waals surface area (Å²) in [6.45, 7) is 0.0510. The number of nitrogens with zero attached hydrogens (tertiary/aromatic N) is 2. The van der Waals surface area contributed by atoms with Crippen molar-refractivity contribution >= 4 is 28.8 Å². The monoisotopic (exact) mass is 408 g/mol. The summed E-state index contributed by atoms with van der Waals surface area (Å²) in [6.07, 6.45) is -1.34. The van der Waals surface area contributed by atoms with Crippen LogP contribution >= 0.6 is 11.3 Å². The third kappa shape index (κ3) is 4.58. The van der Waals surface area contributed by atoms with Crippen molar-refractivity contribution in [1.29, 1.82) is 0 Å². The van der Waals surface area contributed by atoms with Crippen molar-refractivity contribution in [2.75, 3.05) is 11.9 Å². The summed E-state index contributed by atoms with van der Waals surface area (Å²) < 4.78 is 40.7. The molecule has 146 valence electrons. The first-order chi connectivity index (χ1) is 13.4. The molecule has 0 aliphatic rings. The van der Waals surface area contributed by atoms with Crippen molar-refractivity contribution in [2.24, 2.45) is 0 Å². The van der Waals surface area contributed by atoms with E-state index in [1.54, 1.807) is 23.1 Å². The standard InChI is InChI=1S/C18H15F3N4O2S/c19-18(20,21)12-5-1-2-6-13(12)24-17(27)16(26)22-11-14(15-7-3-10-28-15)25-9-4-8-23-25/h1-10,14H,11H2,(H,22,26)(H,24,27)/t14-/m0/s1. The molecule has 0 saturated heterocycles. The van der Waals surface area contributed by atoms with Crippen LogP contribution in [0, 0.1) is 0 Å². The van der Waals surface area contributed by atoms with E-state index in [2.05, 4.69) is 10.4 Å². The number of aromatic nitrogens is 2. The van der Waals surface area contributed by atoms with Gasteiger partial charge in [-0.05, 0) is 29.6 Å². The first-order valence-corrected chi connectivity index (χ1v) is 9.02. The Morgan fingerprint density at radius 1 is 1.11 bits per heavy atom. The van der Waals surface area contributed by atoms with E-state index in [1.807, 2.05) is 22.8 Å². The van der Waals surface area contributed by atoms with E-state index >= 15 is 0 Å². The average Bonchev–Trinajstić information content (AvgIpc) is 3.36. The molecular formula is C18H15F3N4O2S. The zero-order valence-electron chi connectivity index (χ0n) is 14.3. The van der Waals surface area contributed by atoms with Crippen molar-refractivity contribution in [1.82, 2.24) is 15.1 Å². The van der Waals surface area contributed by atoms with E-state index in [-0.39, 0.29) is 12.6 Å². The summed E-state index contributed by atoms with van der Waals surface area (Å²) >= 11 is 1.46. The number of benzene rings is 1. The van der Waals surface area contributed by atoms with Crippen molar-refractivity contribution in [3.05, 3.63) is 70.7 Å². The second kappa shape index (κ2) is 8.26. The Morgan fingerprint density at radius 2 is 1.89 bits per heavy atom. The zero-order valence-corrected chi connectivity index (χ0v) is 15.1. The number of halogens is 3. The molecule has 2 N–H and O–H groups in total. The van der Waals surface area contributed by atoms with Crippen LogP contribution < -0.4 is 10.6 Å². The van der Waals surface area contributed by atoms with Gasteiger partial charge < -0.3 is 10.6 Å². The maximum absolute atomic E-state index is 13.0. The number of alkyl halides is 3. The molecule has 10 heteroatoms. The van der Waals surface area contributed by atoms with Crippen LogP contribution in [0.2, 0.25) is 0 Å². The molecule has 0 fully saturated rings.